The predicted molar refractivity (Wildman–Crippen MR) is 233 cm³/mol. The van der Waals surface area contributed by atoms with Gasteiger partial charge in [-0.1, -0.05) is 146 Å². The Bertz CT molecular complexity index is 3250. The van der Waals surface area contributed by atoms with E-state index in [2.05, 4.69) is 97.6 Å². The molecule has 0 bridgehead atoms. The zero-order valence-electron chi connectivity index (χ0n) is 31.2. The monoisotopic (exact) mass is 733 g/mol. The van der Waals surface area contributed by atoms with E-state index in [4.69, 9.17) is 23.8 Å². The Kier molecular flexibility index (Phi) is 8.46. The number of nitrogens with zero attached hydrogens (tertiary/aromatic N) is 3. The van der Waals surface area contributed by atoms with Crippen LogP contribution in [0.2, 0.25) is 0 Å². The van der Waals surface area contributed by atoms with Crippen LogP contribution in [-0.2, 0) is 0 Å². The summed E-state index contributed by atoms with van der Waals surface area (Å²) < 4.78 is 13.0. The quantitative estimate of drug-likeness (QED) is 0.163. The molecule has 0 atom stereocenters. The lowest BCUT2D eigenvalue weighted by Crippen LogP contribution is -2.24. The van der Waals surface area contributed by atoms with E-state index in [0.717, 1.165) is 88.2 Å². The number of benzene rings is 7. The maximum absolute atomic E-state index is 6.52. The zero-order valence-corrected chi connectivity index (χ0v) is 31.2. The molecule has 0 saturated carbocycles. The van der Waals surface area contributed by atoms with Crippen molar-refractivity contribution in [3.8, 4) is 56.2 Å². The van der Waals surface area contributed by atoms with E-state index < -0.39 is 0 Å². The van der Waals surface area contributed by atoms with Crippen molar-refractivity contribution in [2.75, 3.05) is 0 Å². The van der Waals surface area contributed by atoms with Crippen LogP contribution in [0.25, 0.3) is 101 Å². The zero-order chi connectivity index (χ0) is 38.3. The van der Waals surface area contributed by atoms with Crippen molar-refractivity contribution in [2.45, 2.75) is 6.92 Å². The molecule has 5 nitrogen and oxygen atoms in total. The normalized spacial score (nSPS) is 12.4. The highest BCUT2D eigenvalue weighted by Crippen LogP contribution is 2.39. The Labute approximate surface area is 329 Å². The van der Waals surface area contributed by atoms with Crippen LogP contribution in [0.1, 0.15) is 12.7 Å². The summed E-state index contributed by atoms with van der Waals surface area (Å²) in [4.78, 5) is 15.3. The Morgan fingerprint density at radius 2 is 1.09 bits per heavy atom. The molecular weight excluding hydrogens is 699 g/mol. The number of rotatable bonds is 7. The molecule has 0 amide bonds. The molecule has 0 spiro atoms. The summed E-state index contributed by atoms with van der Waals surface area (Å²) in [5.74, 6) is 1.65. The smallest absolute Gasteiger partial charge is 0.164 e. The Balaban J connectivity index is 1.17. The molecule has 0 aliphatic carbocycles. The van der Waals surface area contributed by atoms with Gasteiger partial charge in [0.1, 0.15) is 22.2 Å². The highest BCUT2D eigenvalue weighted by Gasteiger charge is 2.18. The molecule has 5 heteroatoms. The van der Waals surface area contributed by atoms with Crippen LogP contribution in [0.5, 0.6) is 0 Å². The fourth-order valence-electron chi connectivity index (χ4n) is 7.76. The molecule has 0 saturated heterocycles. The van der Waals surface area contributed by atoms with Gasteiger partial charge >= 0.3 is 0 Å². The van der Waals surface area contributed by atoms with E-state index in [9.17, 15) is 0 Å². The minimum Gasteiger partial charge on any atom is -0.456 e. The lowest BCUT2D eigenvalue weighted by molar-refractivity contribution is 0.574. The molecule has 10 aromatic rings. The molecule has 3 aromatic heterocycles. The van der Waals surface area contributed by atoms with E-state index in [1.807, 2.05) is 97.9 Å². The van der Waals surface area contributed by atoms with E-state index in [-0.39, 0.29) is 0 Å². The van der Waals surface area contributed by atoms with Crippen molar-refractivity contribution in [1.82, 2.24) is 15.0 Å². The topological polar surface area (TPSA) is 65.0 Å². The first kappa shape index (κ1) is 33.9. The number of aromatic nitrogens is 3. The molecule has 0 aliphatic heterocycles. The van der Waals surface area contributed by atoms with Gasteiger partial charge in [0.15, 0.2) is 17.5 Å². The summed E-state index contributed by atoms with van der Waals surface area (Å²) in [6.07, 6.45) is 3.81. The van der Waals surface area contributed by atoms with E-state index >= 15 is 0 Å². The second-order valence-electron chi connectivity index (χ2n) is 13.9. The van der Waals surface area contributed by atoms with Crippen LogP contribution in [-0.4, -0.2) is 15.0 Å². The van der Waals surface area contributed by atoms with Gasteiger partial charge in [0.05, 0.1) is 0 Å². The molecule has 270 valence electrons. The molecule has 0 fully saturated rings. The number of allylic oxidation sites excluding steroid dienone is 1. The van der Waals surface area contributed by atoms with E-state index in [0.29, 0.717) is 22.9 Å². The van der Waals surface area contributed by atoms with Crippen molar-refractivity contribution >= 4 is 44.6 Å². The number of furan rings is 2. The summed E-state index contributed by atoms with van der Waals surface area (Å²) in [7, 11) is 0. The second-order valence-corrected chi connectivity index (χ2v) is 13.9. The minimum absolute atomic E-state index is 0.507. The van der Waals surface area contributed by atoms with E-state index in [1.54, 1.807) is 0 Å². The van der Waals surface area contributed by atoms with Gasteiger partial charge in [-0.2, -0.15) is 0 Å². The number of hydrogen-bond donors (Lipinski definition) is 0. The third-order valence-corrected chi connectivity index (χ3v) is 10.5. The summed E-state index contributed by atoms with van der Waals surface area (Å²) >= 11 is 0. The first-order valence-corrected chi connectivity index (χ1v) is 19.0. The van der Waals surface area contributed by atoms with Gasteiger partial charge in [0, 0.05) is 38.1 Å². The Morgan fingerprint density at radius 3 is 1.79 bits per heavy atom. The van der Waals surface area contributed by atoms with Crippen LogP contribution >= 0.6 is 0 Å². The standard InChI is InChI=1S/C52H35N3O2/c1-3-40(52-54-50(35-20-12-7-13-21-35)53-51(55-52)39-23-14-22-36(30-39)33-16-8-5-9-17-33)48-43-31-38(27-29-45(43)56-44(48)4-2)41-24-15-25-46-49(41)42-28-26-37(32-47(42)57-46)34-18-10-6-11-19-34/h3-32H,1H2,2H3/b44-4+,48-40+. The average Bonchev–Trinajstić information content (AvgIpc) is 3.85. The van der Waals surface area contributed by atoms with Crippen LogP contribution in [0, 0.1) is 0 Å². The third-order valence-electron chi connectivity index (χ3n) is 10.5. The Morgan fingerprint density at radius 1 is 0.474 bits per heavy atom. The first-order valence-electron chi connectivity index (χ1n) is 19.0. The van der Waals surface area contributed by atoms with Crippen LogP contribution in [0.4, 0.5) is 0 Å². The van der Waals surface area contributed by atoms with Crippen molar-refractivity contribution in [1.29, 1.82) is 0 Å². The summed E-state index contributed by atoms with van der Waals surface area (Å²) in [5, 5.41) is 3.94. The fourth-order valence-corrected chi connectivity index (χ4v) is 7.76. The molecule has 3 heterocycles. The summed E-state index contributed by atoms with van der Waals surface area (Å²) in [5.41, 5.74) is 12.3. The first-order chi connectivity index (χ1) is 28.1. The molecule has 0 N–H and O–H groups in total. The van der Waals surface area contributed by atoms with Crippen molar-refractivity contribution < 1.29 is 8.83 Å². The van der Waals surface area contributed by atoms with Crippen molar-refractivity contribution in [3.05, 3.63) is 199 Å². The van der Waals surface area contributed by atoms with Gasteiger partial charge in [0.25, 0.3) is 0 Å². The van der Waals surface area contributed by atoms with Gasteiger partial charge < -0.3 is 8.83 Å². The lowest BCUT2D eigenvalue weighted by Gasteiger charge is -2.10. The molecule has 10 rings (SSSR count). The molecule has 57 heavy (non-hydrogen) atoms. The SMILES string of the molecule is C=C/C(c1nc(-c2ccccc2)nc(-c2cccc(-c3ccccc3)c2)n1)=c1\c(=C/C)oc2ccc(-c3cccc4oc5cc(-c6ccccc6)ccc5c34)cc12. The van der Waals surface area contributed by atoms with Crippen LogP contribution < -0.4 is 10.6 Å². The minimum atomic E-state index is 0.507. The van der Waals surface area contributed by atoms with Crippen molar-refractivity contribution in [2.24, 2.45) is 0 Å². The molecular formula is C52H35N3O2. The summed E-state index contributed by atoms with van der Waals surface area (Å²) in [6, 6.07) is 58.1. The highest BCUT2D eigenvalue weighted by atomic mass is 16.3. The highest BCUT2D eigenvalue weighted by molar-refractivity contribution is 6.13. The third kappa shape index (κ3) is 6.12. The van der Waals surface area contributed by atoms with Gasteiger partial charge in [-0.05, 0) is 82.8 Å². The lowest BCUT2D eigenvalue weighted by atomic mass is 9.97. The van der Waals surface area contributed by atoms with Gasteiger partial charge in [0.2, 0.25) is 0 Å². The predicted octanol–water partition coefficient (Wildman–Crippen LogP) is 12.0. The molecule has 0 aliphatic rings. The molecule has 0 radical (unpaired) electrons. The fraction of sp³-hybridized carbons (Fsp3) is 0.0192. The van der Waals surface area contributed by atoms with Gasteiger partial charge in [-0.15, -0.1) is 0 Å². The molecule has 0 unspecified atom stereocenters. The van der Waals surface area contributed by atoms with Gasteiger partial charge in [-0.3, -0.25) is 0 Å². The second kappa shape index (κ2) is 14.2. The van der Waals surface area contributed by atoms with Crippen LogP contribution in [0.3, 0.4) is 0 Å². The maximum Gasteiger partial charge on any atom is 0.164 e. The summed E-state index contributed by atoms with van der Waals surface area (Å²) in [6.45, 7) is 6.29. The number of fused-ring (bicyclic) bond motifs is 4. The van der Waals surface area contributed by atoms with Crippen molar-refractivity contribution in [3.63, 3.8) is 0 Å². The van der Waals surface area contributed by atoms with Gasteiger partial charge in [-0.25, -0.2) is 15.0 Å². The largest absolute Gasteiger partial charge is 0.456 e. The molecule has 7 aromatic carbocycles. The maximum atomic E-state index is 6.52. The number of hydrogen-bond acceptors (Lipinski definition) is 5. The van der Waals surface area contributed by atoms with E-state index in [1.165, 1.54) is 0 Å². The average molecular weight is 734 g/mol. The Hall–Kier alpha value is -7.63. The van der Waals surface area contributed by atoms with Crippen LogP contribution in [0.15, 0.2) is 191 Å².